The van der Waals surface area contributed by atoms with Crippen molar-refractivity contribution in [2.45, 2.75) is 24.9 Å². The molecule has 0 aliphatic carbocycles. The van der Waals surface area contributed by atoms with E-state index in [1.54, 1.807) is 7.11 Å². The van der Waals surface area contributed by atoms with Gasteiger partial charge in [-0.3, -0.25) is 4.79 Å². The highest BCUT2D eigenvalue weighted by molar-refractivity contribution is 7.13. The van der Waals surface area contributed by atoms with Gasteiger partial charge in [-0.2, -0.15) is 0 Å². The number of likely N-dealkylation sites (tertiary alicyclic amines) is 1. The Kier molecular flexibility index (Phi) is 4.58. The average molecular weight is 373 g/mol. The molecular weight excluding hydrogens is 350 g/mol. The number of rotatable bonds is 3. The van der Waals surface area contributed by atoms with E-state index in [1.807, 2.05) is 23.4 Å². The molecule has 2 aromatic rings. The van der Waals surface area contributed by atoms with Gasteiger partial charge in [-0.25, -0.2) is 4.98 Å². The van der Waals surface area contributed by atoms with Gasteiger partial charge < -0.3 is 19.7 Å². The first-order valence-corrected chi connectivity index (χ1v) is 9.77. The highest BCUT2D eigenvalue weighted by atomic mass is 32.1. The second kappa shape index (κ2) is 6.89. The van der Waals surface area contributed by atoms with Gasteiger partial charge in [0.15, 0.2) is 5.13 Å². The van der Waals surface area contributed by atoms with E-state index in [0.29, 0.717) is 25.4 Å². The lowest BCUT2D eigenvalue weighted by atomic mass is 9.79. The Labute approximate surface area is 157 Å². The van der Waals surface area contributed by atoms with E-state index in [0.717, 1.165) is 30.1 Å². The summed E-state index contributed by atoms with van der Waals surface area (Å²) in [6, 6.07) is 6.25. The van der Waals surface area contributed by atoms with Gasteiger partial charge in [0.1, 0.15) is 11.4 Å². The van der Waals surface area contributed by atoms with E-state index in [1.165, 1.54) is 22.5 Å². The maximum absolute atomic E-state index is 12.7. The average Bonchev–Trinajstić information content (AvgIpc) is 3.17. The lowest BCUT2D eigenvalue weighted by molar-refractivity contribution is -0.0935. The molecule has 1 spiro atoms. The normalized spacial score (nSPS) is 18.5. The van der Waals surface area contributed by atoms with Gasteiger partial charge in [0, 0.05) is 25.5 Å². The predicted molar refractivity (Wildman–Crippen MR) is 101 cm³/mol. The topological polar surface area (TPSA) is 63.7 Å². The zero-order valence-corrected chi connectivity index (χ0v) is 15.9. The number of thiazole rings is 1. The molecule has 0 saturated carbocycles. The summed E-state index contributed by atoms with van der Waals surface area (Å²) in [5, 5.41) is 5.56. The highest BCUT2D eigenvalue weighted by Gasteiger charge is 2.42. The smallest absolute Gasteiger partial charge is 0.273 e. The molecule has 1 amide bonds. The van der Waals surface area contributed by atoms with Crippen LogP contribution in [0.1, 0.15) is 34.5 Å². The number of hydrogen-bond acceptors (Lipinski definition) is 6. The number of hydrogen-bond donors (Lipinski definition) is 1. The van der Waals surface area contributed by atoms with Crippen LogP contribution in [0.4, 0.5) is 5.13 Å². The van der Waals surface area contributed by atoms with Gasteiger partial charge in [0.25, 0.3) is 5.91 Å². The minimum absolute atomic E-state index is 0.00311. The van der Waals surface area contributed by atoms with Crippen molar-refractivity contribution in [3.05, 3.63) is 40.4 Å². The second-order valence-electron chi connectivity index (χ2n) is 6.70. The fourth-order valence-electron chi connectivity index (χ4n) is 3.92. The fourth-order valence-corrected chi connectivity index (χ4v) is 4.56. The number of anilines is 1. The van der Waals surface area contributed by atoms with E-state index < -0.39 is 0 Å². The van der Waals surface area contributed by atoms with Gasteiger partial charge in [0.05, 0.1) is 19.3 Å². The van der Waals surface area contributed by atoms with E-state index in [2.05, 4.69) is 22.4 Å². The first-order valence-electron chi connectivity index (χ1n) is 8.89. The SMILES string of the molecule is CNc1nc(C(=O)N2CCC3(CC2)OCCc2cc(OC)ccc23)cs1. The van der Waals surface area contributed by atoms with E-state index >= 15 is 0 Å². The maximum atomic E-state index is 12.7. The Bertz CT molecular complexity index is 812. The largest absolute Gasteiger partial charge is 0.497 e. The van der Waals surface area contributed by atoms with Crippen molar-refractivity contribution in [1.29, 1.82) is 0 Å². The van der Waals surface area contributed by atoms with Gasteiger partial charge in [-0.15, -0.1) is 11.3 Å². The summed E-state index contributed by atoms with van der Waals surface area (Å²) < 4.78 is 11.6. The van der Waals surface area contributed by atoms with Crippen molar-refractivity contribution in [1.82, 2.24) is 9.88 Å². The molecule has 1 aromatic heterocycles. The van der Waals surface area contributed by atoms with Crippen LogP contribution in [-0.4, -0.2) is 49.6 Å². The van der Waals surface area contributed by atoms with Crippen molar-refractivity contribution in [3.63, 3.8) is 0 Å². The van der Waals surface area contributed by atoms with Crippen LogP contribution in [0.25, 0.3) is 0 Å². The number of carbonyl (C=O) groups excluding carboxylic acids is 1. The van der Waals surface area contributed by atoms with Crippen molar-refractivity contribution in [3.8, 4) is 5.75 Å². The second-order valence-corrected chi connectivity index (χ2v) is 7.55. The summed E-state index contributed by atoms with van der Waals surface area (Å²) in [5.41, 5.74) is 2.79. The first-order chi connectivity index (χ1) is 12.6. The zero-order valence-electron chi connectivity index (χ0n) is 15.1. The standard InChI is InChI=1S/C19H23N3O3S/c1-20-18-21-16(12-26-18)17(23)22-8-6-19(7-9-22)15-4-3-14(24-2)11-13(15)5-10-25-19/h3-4,11-12H,5-10H2,1-2H3,(H,20,21). The highest BCUT2D eigenvalue weighted by Crippen LogP contribution is 2.42. The number of methoxy groups -OCH3 is 1. The fraction of sp³-hybridized carbons (Fsp3) is 0.474. The molecule has 1 fully saturated rings. The van der Waals surface area contributed by atoms with Crippen LogP contribution in [0.3, 0.4) is 0 Å². The summed E-state index contributed by atoms with van der Waals surface area (Å²) in [6.45, 7) is 2.07. The third-order valence-electron chi connectivity index (χ3n) is 5.35. The Morgan fingerprint density at radius 1 is 1.38 bits per heavy atom. The Balaban J connectivity index is 1.51. The molecule has 1 aromatic carbocycles. The molecular formula is C19H23N3O3S. The summed E-state index contributed by atoms with van der Waals surface area (Å²) in [4.78, 5) is 18.9. The van der Waals surface area contributed by atoms with E-state index in [-0.39, 0.29) is 11.5 Å². The number of carbonyl (C=O) groups is 1. The molecule has 138 valence electrons. The monoisotopic (exact) mass is 373 g/mol. The van der Waals surface area contributed by atoms with Crippen molar-refractivity contribution in [2.24, 2.45) is 0 Å². The van der Waals surface area contributed by atoms with Crippen LogP contribution >= 0.6 is 11.3 Å². The van der Waals surface area contributed by atoms with Crippen molar-refractivity contribution >= 4 is 22.4 Å². The molecule has 6 nitrogen and oxygen atoms in total. The Morgan fingerprint density at radius 2 is 2.19 bits per heavy atom. The third kappa shape index (κ3) is 2.95. The van der Waals surface area contributed by atoms with Crippen molar-refractivity contribution in [2.75, 3.05) is 39.2 Å². The number of nitrogens with zero attached hydrogens (tertiary/aromatic N) is 2. The summed E-state index contributed by atoms with van der Waals surface area (Å²) in [7, 11) is 3.50. The zero-order chi connectivity index (χ0) is 18.1. The molecule has 3 heterocycles. The van der Waals surface area contributed by atoms with Crippen LogP contribution in [0.5, 0.6) is 5.75 Å². The van der Waals surface area contributed by atoms with Crippen LogP contribution in [0.15, 0.2) is 23.6 Å². The van der Waals surface area contributed by atoms with Crippen LogP contribution in [0.2, 0.25) is 0 Å². The molecule has 1 saturated heterocycles. The Hall–Kier alpha value is -2.12. The van der Waals surface area contributed by atoms with Gasteiger partial charge in [-0.1, -0.05) is 6.07 Å². The van der Waals surface area contributed by atoms with Gasteiger partial charge >= 0.3 is 0 Å². The molecule has 7 heteroatoms. The minimum atomic E-state index is -0.283. The molecule has 1 N–H and O–H groups in total. The number of amides is 1. The van der Waals surface area contributed by atoms with Crippen LogP contribution < -0.4 is 10.1 Å². The number of benzene rings is 1. The third-order valence-corrected chi connectivity index (χ3v) is 6.21. The molecule has 0 bridgehead atoms. The molecule has 2 aliphatic heterocycles. The maximum Gasteiger partial charge on any atom is 0.273 e. The van der Waals surface area contributed by atoms with E-state index in [4.69, 9.17) is 9.47 Å². The van der Waals surface area contributed by atoms with Crippen molar-refractivity contribution < 1.29 is 14.3 Å². The summed E-state index contributed by atoms with van der Waals surface area (Å²) >= 11 is 1.45. The van der Waals surface area contributed by atoms with Crippen LogP contribution in [-0.2, 0) is 16.8 Å². The Morgan fingerprint density at radius 3 is 2.88 bits per heavy atom. The first kappa shape index (κ1) is 17.3. The lowest BCUT2D eigenvalue weighted by Crippen LogP contribution is -2.48. The minimum Gasteiger partial charge on any atom is -0.497 e. The van der Waals surface area contributed by atoms with Gasteiger partial charge in [-0.05, 0) is 42.5 Å². The quantitative estimate of drug-likeness (QED) is 0.896. The van der Waals surface area contributed by atoms with E-state index in [9.17, 15) is 4.79 Å². The van der Waals surface area contributed by atoms with Crippen LogP contribution in [0, 0.1) is 0 Å². The summed E-state index contributed by atoms with van der Waals surface area (Å²) in [5.74, 6) is 0.889. The number of ether oxygens (including phenoxy) is 2. The molecule has 4 rings (SSSR count). The molecule has 2 aliphatic rings. The molecule has 0 radical (unpaired) electrons. The number of piperidine rings is 1. The molecule has 26 heavy (non-hydrogen) atoms. The molecule has 0 unspecified atom stereocenters. The number of aromatic nitrogens is 1. The molecule has 0 atom stereocenters. The van der Waals surface area contributed by atoms with Gasteiger partial charge in [0.2, 0.25) is 0 Å². The lowest BCUT2D eigenvalue weighted by Gasteiger charge is -2.45. The summed E-state index contributed by atoms with van der Waals surface area (Å²) in [6.07, 6.45) is 2.52. The number of fused-ring (bicyclic) bond motifs is 2. The predicted octanol–water partition coefficient (Wildman–Crippen LogP) is 2.90. The number of nitrogens with one attached hydrogen (secondary N) is 1.